The van der Waals surface area contributed by atoms with Gasteiger partial charge in [-0.15, -0.1) is 0 Å². The van der Waals surface area contributed by atoms with Crippen LogP contribution < -0.4 is 0 Å². The number of rotatable bonds is 4. The molecule has 1 fully saturated rings. The van der Waals surface area contributed by atoms with Crippen molar-refractivity contribution in [3.8, 4) is 0 Å². The molecule has 1 saturated carbocycles. The smallest absolute Gasteiger partial charge is 0.0117 e. The topological polar surface area (TPSA) is 0 Å². The molecule has 0 saturated heterocycles. The molecule has 0 aromatic carbocycles. The maximum absolute atomic E-state index is 4.06. The lowest BCUT2D eigenvalue weighted by Crippen LogP contribution is -1.91. The minimum absolute atomic E-state index is 0.674. The van der Waals surface area contributed by atoms with E-state index < -0.39 is 0 Å². The first-order valence-electron chi connectivity index (χ1n) is 4.49. The zero-order valence-corrected chi connectivity index (χ0v) is 9.02. The SMILES string of the molecule is C=C1C(CC)C1CCC(C)Br. The van der Waals surface area contributed by atoms with Gasteiger partial charge in [0.25, 0.3) is 0 Å². The number of hydrogen-bond donors (Lipinski definition) is 0. The molecular weight excluding hydrogens is 200 g/mol. The molecule has 0 aromatic rings. The lowest BCUT2D eigenvalue weighted by Gasteiger charge is -2.00. The van der Waals surface area contributed by atoms with Gasteiger partial charge in [0.05, 0.1) is 0 Å². The largest absolute Gasteiger partial charge is 0.0993 e. The van der Waals surface area contributed by atoms with E-state index in [-0.39, 0.29) is 0 Å². The van der Waals surface area contributed by atoms with Crippen molar-refractivity contribution in [2.75, 3.05) is 0 Å². The molecule has 0 heterocycles. The van der Waals surface area contributed by atoms with Gasteiger partial charge in [0.15, 0.2) is 0 Å². The summed E-state index contributed by atoms with van der Waals surface area (Å²) in [6, 6.07) is 0. The molecular formula is C10H17Br. The van der Waals surface area contributed by atoms with E-state index in [0.717, 1.165) is 11.8 Å². The van der Waals surface area contributed by atoms with E-state index in [1.165, 1.54) is 24.8 Å². The highest BCUT2D eigenvalue weighted by Gasteiger charge is 2.39. The molecule has 0 radical (unpaired) electrons. The molecule has 1 aliphatic carbocycles. The van der Waals surface area contributed by atoms with Crippen LogP contribution in [0.25, 0.3) is 0 Å². The highest BCUT2D eigenvalue weighted by Crippen LogP contribution is 2.49. The van der Waals surface area contributed by atoms with Crippen molar-refractivity contribution >= 4 is 15.9 Å². The van der Waals surface area contributed by atoms with Crippen molar-refractivity contribution in [1.29, 1.82) is 0 Å². The van der Waals surface area contributed by atoms with Crippen molar-refractivity contribution in [3.05, 3.63) is 12.2 Å². The third-order valence-corrected chi connectivity index (χ3v) is 3.10. The van der Waals surface area contributed by atoms with Gasteiger partial charge in [-0.25, -0.2) is 0 Å². The monoisotopic (exact) mass is 216 g/mol. The molecule has 0 nitrogen and oxygen atoms in total. The van der Waals surface area contributed by atoms with E-state index in [1.807, 2.05) is 0 Å². The molecule has 1 rings (SSSR count). The fourth-order valence-corrected chi connectivity index (χ4v) is 2.05. The summed E-state index contributed by atoms with van der Waals surface area (Å²) >= 11 is 3.56. The van der Waals surface area contributed by atoms with Gasteiger partial charge in [-0.1, -0.05) is 41.9 Å². The van der Waals surface area contributed by atoms with Crippen LogP contribution in [0.5, 0.6) is 0 Å². The molecule has 0 spiro atoms. The Balaban J connectivity index is 2.16. The number of halogens is 1. The lowest BCUT2D eigenvalue weighted by molar-refractivity contribution is 0.603. The Kier molecular flexibility index (Phi) is 3.17. The highest BCUT2D eigenvalue weighted by molar-refractivity contribution is 9.09. The van der Waals surface area contributed by atoms with Crippen molar-refractivity contribution in [3.63, 3.8) is 0 Å². The van der Waals surface area contributed by atoms with Gasteiger partial charge in [-0.3, -0.25) is 0 Å². The minimum atomic E-state index is 0.674. The zero-order valence-electron chi connectivity index (χ0n) is 7.44. The van der Waals surface area contributed by atoms with E-state index in [4.69, 9.17) is 0 Å². The van der Waals surface area contributed by atoms with Crippen LogP contribution in [-0.4, -0.2) is 4.83 Å². The summed E-state index contributed by atoms with van der Waals surface area (Å²) in [5.74, 6) is 1.72. The molecule has 0 aromatic heterocycles. The summed E-state index contributed by atoms with van der Waals surface area (Å²) in [6.07, 6.45) is 3.92. The first-order valence-corrected chi connectivity index (χ1v) is 5.41. The summed E-state index contributed by atoms with van der Waals surface area (Å²) in [5.41, 5.74) is 1.50. The predicted molar refractivity (Wildman–Crippen MR) is 54.0 cm³/mol. The van der Waals surface area contributed by atoms with Gasteiger partial charge in [0.2, 0.25) is 0 Å². The Morgan fingerprint density at radius 2 is 2.18 bits per heavy atom. The highest BCUT2D eigenvalue weighted by atomic mass is 79.9. The van der Waals surface area contributed by atoms with Crippen LogP contribution in [0.1, 0.15) is 33.1 Å². The van der Waals surface area contributed by atoms with Crippen LogP contribution in [0.4, 0.5) is 0 Å². The van der Waals surface area contributed by atoms with E-state index in [1.54, 1.807) is 0 Å². The third kappa shape index (κ3) is 2.33. The van der Waals surface area contributed by atoms with Gasteiger partial charge < -0.3 is 0 Å². The first kappa shape index (κ1) is 9.31. The van der Waals surface area contributed by atoms with Crippen molar-refractivity contribution in [2.45, 2.75) is 37.9 Å². The van der Waals surface area contributed by atoms with E-state index in [2.05, 4.69) is 36.4 Å². The van der Waals surface area contributed by atoms with Crippen molar-refractivity contribution < 1.29 is 0 Å². The van der Waals surface area contributed by atoms with Crippen LogP contribution in [0, 0.1) is 11.8 Å². The van der Waals surface area contributed by atoms with Crippen LogP contribution in [0.3, 0.4) is 0 Å². The van der Waals surface area contributed by atoms with Gasteiger partial charge >= 0.3 is 0 Å². The Morgan fingerprint density at radius 3 is 2.55 bits per heavy atom. The maximum Gasteiger partial charge on any atom is 0.0117 e. The van der Waals surface area contributed by atoms with Gasteiger partial charge in [-0.2, -0.15) is 0 Å². The summed E-state index contributed by atoms with van der Waals surface area (Å²) in [7, 11) is 0. The Morgan fingerprint density at radius 1 is 1.55 bits per heavy atom. The van der Waals surface area contributed by atoms with Crippen molar-refractivity contribution in [1.82, 2.24) is 0 Å². The molecule has 3 atom stereocenters. The Bertz CT molecular complexity index is 149. The second-order valence-electron chi connectivity index (χ2n) is 3.55. The van der Waals surface area contributed by atoms with Gasteiger partial charge in [0, 0.05) is 4.83 Å². The van der Waals surface area contributed by atoms with E-state index in [0.29, 0.717) is 4.83 Å². The standard InChI is InChI=1S/C10H17Br/c1-4-9-8(3)10(9)6-5-7(2)11/h7,9-10H,3-6H2,1-2H3. The molecule has 0 amide bonds. The molecule has 0 aliphatic heterocycles. The third-order valence-electron chi connectivity index (χ3n) is 2.64. The number of hydrogen-bond acceptors (Lipinski definition) is 0. The fraction of sp³-hybridized carbons (Fsp3) is 0.800. The Hall–Kier alpha value is 0.220. The second kappa shape index (κ2) is 3.75. The van der Waals surface area contributed by atoms with Crippen molar-refractivity contribution in [2.24, 2.45) is 11.8 Å². The average molecular weight is 217 g/mol. The summed E-state index contributed by atoms with van der Waals surface area (Å²) in [4.78, 5) is 0.674. The quantitative estimate of drug-likeness (QED) is 0.496. The molecule has 1 heteroatoms. The first-order chi connectivity index (χ1) is 5.16. The lowest BCUT2D eigenvalue weighted by atomic mass is 10.1. The minimum Gasteiger partial charge on any atom is -0.0993 e. The summed E-state index contributed by atoms with van der Waals surface area (Å²) in [6.45, 7) is 8.53. The maximum atomic E-state index is 4.06. The number of allylic oxidation sites excluding steroid dienone is 1. The van der Waals surface area contributed by atoms with Gasteiger partial charge in [-0.05, 0) is 31.1 Å². The van der Waals surface area contributed by atoms with Crippen LogP contribution >= 0.6 is 15.9 Å². The molecule has 0 bridgehead atoms. The fourth-order valence-electron chi connectivity index (χ4n) is 1.79. The zero-order chi connectivity index (χ0) is 8.43. The molecule has 3 unspecified atom stereocenters. The predicted octanol–water partition coefficient (Wildman–Crippen LogP) is 3.76. The van der Waals surface area contributed by atoms with Gasteiger partial charge in [0.1, 0.15) is 0 Å². The van der Waals surface area contributed by atoms with Crippen LogP contribution in [0.15, 0.2) is 12.2 Å². The second-order valence-corrected chi connectivity index (χ2v) is 5.12. The van der Waals surface area contributed by atoms with Crippen LogP contribution in [-0.2, 0) is 0 Å². The molecule has 0 N–H and O–H groups in total. The summed E-state index contributed by atoms with van der Waals surface area (Å²) in [5, 5.41) is 0. The molecule has 11 heavy (non-hydrogen) atoms. The Labute approximate surface area is 78.2 Å². The van der Waals surface area contributed by atoms with E-state index in [9.17, 15) is 0 Å². The van der Waals surface area contributed by atoms with E-state index >= 15 is 0 Å². The normalized spacial score (nSPS) is 32.1. The summed E-state index contributed by atoms with van der Waals surface area (Å²) < 4.78 is 0. The molecule has 64 valence electrons. The number of alkyl halides is 1. The van der Waals surface area contributed by atoms with Crippen LogP contribution in [0.2, 0.25) is 0 Å². The average Bonchev–Trinajstić information content (AvgIpc) is 2.56. The molecule has 1 aliphatic rings.